The van der Waals surface area contributed by atoms with E-state index in [1.54, 1.807) is 4.90 Å². The van der Waals surface area contributed by atoms with Crippen molar-refractivity contribution in [3.63, 3.8) is 0 Å². The fourth-order valence-corrected chi connectivity index (χ4v) is 3.19. The van der Waals surface area contributed by atoms with Gasteiger partial charge in [0.25, 0.3) is 0 Å². The molecule has 0 aliphatic carbocycles. The molecule has 2 aliphatic heterocycles. The third-order valence-electron chi connectivity index (χ3n) is 4.41. The highest BCUT2D eigenvalue weighted by Gasteiger charge is 2.33. The SMILES string of the molecule is Cc1cc(C)nc(OC2CCCN(C(=O)CN3C(=O)CCC3=O)C2)n1. The van der Waals surface area contributed by atoms with Crippen molar-refractivity contribution in [3.8, 4) is 6.01 Å². The number of imide groups is 1. The van der Waals surface area contributed by atoms with E-state index in [9.17, 15) is 14.4 Å². The Hall–Kier alpha value is -2.51. The van der Waals surface area contributed by atoms with Gasteiger partial charge in [0.1, 0.15) is 12.6 Å². The largest absolute Gasteiger partial charge is 0.458 e. The number of ether oxygens (including phenoxy) is 1. The van der Waals surface area contributed by atoms with E-state index in [0.717, 1.165) is 29.1 Å². The van der Waals surface area contributed by atoms with E-state index >= 15 is 0 Å². The second kappa shape index (κ2) is 7.16. The second-order valence-corrected chi connectivity index (χ2v) is 6.53. The zero-order valence-corrected chi connectivity index (χ0v) is 14.5. The first-order valence-electron chi connectivity index (χ1n) is 8.52. The molecule has 2 aliphatic rings. The normalized spacial score (nSPS) is 21.0. The van der Waals surface area contributed by atoms with Crippen LogP contribution in [0.15, 0.2) is 6.07 Å². The van der Waals surface area contributed by atoms with Crippen LogP contribution in [0.2, 0.25) is 0 Å². The fourth-order valence-electron chi connectivity index (χ4n) is 3.19. The molecule has 0 N–H and O–H groups in total. The Morgan fingerprint density at radius 2 is 1.84 bits per heavy atom. The monoisotopic (exact) mass is 346 g/mol. The van der Waals surface area contributed by atoms with E-state index < -0.39 is 0 Å². The summed E-state index contributed by atoms with van der Waals surface area (Å²) in [5.74, 6) is -0.767. The van der Waals surface area contributed by atoms with Gasteiger partial charge in [0.15, 0.2) is 0 Å². The van der Waals surface area contributed by atoms with Crippen molar-refractivity contribution >= 4 is 17.7 Å². The van der Waals surface area contributed by atoms with E-state index in [2.05, 4.69) is 9.97 Å². The number of likely N-dealkylation sites (tertiary alicyclic amines) is 2. The summed E-state index contributed by atoms with van der Waals surface area (Å²) >= 11 is 0. The third-order valence-corrected chi connectivity index (χ3v) is 4.41. The molecule has 2 fully saturated rings. The lowest BCUT2D eigenvalue weighted by atomic mass is 10.1. The highest BCUT2D eigenvalue weighted by Crippen LogP contribution is 2.18. The number of rotatable bonds is 4. The van der Waals surface area contributed by atoms with Crippen molar-refractivity contribution in [2.75, 3.05) is 19.6 Å². The molecule has 3 rings (SSSR count). The molecule has 3 heterocycles. The van der Waals surface area contributed by atoms with Crippen molar-refractivity contribution in [1.29, 1.82) is 0 Å². The van der Waals surface area contributed by atoms with Gasteiger partial charge in [-0.05, 0) is 32.8 Å². The molecule has 134 valence electrons. The van der Waals surface area contributed by atoms with Gasteiger partial charge >= 0.3 is 6.01 Å². The van der Waals surface area contributed by atoms with Gasteiger partial charge in [0, 0.05) is 30.8 Å². The highest BCUT2D eigenvalue weighted by atomic mass is 16.5. The Balaban J connectivity index is 1.59. The molecule has 25 heavy (non-hydrogen) atoms. The molecule has 0 saturated carbocycles. The van der Waals surface area contributed by atoms with Crippen LogP contribution in [0.4, 0.5) is 0 Å². The van der Waals surface area contributed by atoms with E-state index in [4.69, 9.17) is 4.74 Å². The van der Waals surface area contributed by atoms with Crippen LogP contribution in [0, 0.1) is 13.8 Å². The maximum absolute atomic E-state index is 12.4. The number of nitrogens with zero attached hydrogens (tertiary/aromatic N) is 4. The maximum atomic E-state index is 12.4. The average Bonchev–Trinajstić information content (AvgIpc) is 2.86. The summed E-state index contributed by atoms with van der Waals surface area (Å²) < 4.78 is 5.85. The van der Waals surface area contributed by atoms with Gasteiger partial charge in [0.05, 0.1) is 6.54 Å². The number of piperidine rings is 1. The standard InChI is InChI=1S/C17H22N4O4/c1-11-8-12(2)19-17(18-11)25-13-4-3-7-20(9-13)16(24)10-21-14(22)5-6-15(21)23/h8,13H,3-7,9-10H2,1-2H3. The summed E-state index contributed by atoms with van der Waals surface area (Å²) in [5.41, 5.74) is 1.66. The summed E-state index contributed by atoms with van der Waals surface area (Å²) in [6.07, 6.45) is 1.80. The zero-order chi connectivity index (χ0) is 18.0. The minimum Gasteiger partial charge on any atom is -0.458 e. The molecule has 0 aromatic carbocycles. The van der Waals surface area contributed by atoms with Crippen LogP contribution in [0.5, 0.6) is 6.01 Å². The van der Waals surface area contributed by atoms with Crippen LogP contribution in [-0.4, -0.2) is 63.2 Å². The predicted molar refractivity (Wildman–Crippen MR) is 87.7 cm³/mol. The van der Waals surface area contributed by atoms with Crippen molar-refractivity contribution < 1.29 is 19.1 Å². The summed E-state index contributed by atoms with van der Waals surface area (Å²) in [6, 6.07) is 2.19. The first-order valence-corrected chi connectivity index (χ1v) is 8.52. The first-order chi connectivity index (χ1) is 11.9. The maximum Gasteiger partial charge on any atom is 0.317 e. The lowest BCUT2D eigenvalue weighted by Crippen LogP contribution is -2.49. The van der Waals surface area contributed by atoms with Gasteiger partial charge < -0.3 is 9.64 Å². The first kappa shape index (κ1) is 17.3. The van der Waals surface area contributed by atoms with E-state index in [1.165, 1.54) is 0 Å². The summed E-state index contributed by atoms with van der Waals surface area (Å²) in [4.78, 5) is 47.0. The van der Waals surface area contributed by atoms with Crippen molar-refractivity contribution in [3.05, 3.63) is 17.5 Å². The van der Waals surface area contributed by atoms with Gasteiger partial charge in [0.2, 0.25) is 17.7 Å². The summed E-state index contributed by atoms with van der Waals surface area (Å²) in [6.45, 7) is 4.59. The summed E-state index contributed by atoms with van der Waals surface area (Å²) in [5, 5.41) is 0. The van der Waals surface area contributed by atoms with Gasteiger partial charge in [-0.3, -0.25) is 19.3 Å². The highest BCUT2D eigenvalue weighted by molar-refractivity contribution is 6.04. The van der Waals surface area contributed by atoms with Gasteiger partial charge in [-0.2, -0.15) is 0 Å². The van der Waals surface area contributed by atoms with E-state index in [0.29, 0.717) is 19.1 Å². The molecule has 8 nitrogen and oxygen atoms in total. The van der Waals surface area contributed by atoms with Gasteiger partial charge in [-0.1, -0.05) is 0 Å². The Morgan fingerprint density at radius 3 is 2.48 bits per heavy atom. The number of hydrogen-bond donors (Lipinski definition) is 0. The Morgan fingerprint density at radius 1 is 1.20 bits per heavy atom. The lowest BCUT2D eigenvalue weighted by Gasteiger charge is -2.33. The molecular weight excluding hydrogens is 324 g/mol. The topological polar surface area (TPSA) is 92.7 Å². The molecule has 1 atom stereocenters. The van der Waals surface area contributed by atoms with E-state index in [-0.39, 0.29) is 43.2 Å². The number of hydrogen-bond acceptors (Lipinski definition) is 6. The molecule has 8 heteroatoms. The van der Waals surface area contributed by atoms with Crippen molar-refractivity contribution in [2.45, 2.75) is 45.6 Å². The van der Waals surface area contributed by atoms with Crippen LogP contribution in [0.3, 0.4) is 0 Å². The van der Waals surface area contributed by atoms with Crippen LogP contribution in [-0.2, 0) is 14.4 Å². The Labute approximate surface area is 146 Å². The fraction of sp³-hybridized carbons (Fsp3) is 0.588. The number of carbonyl (C=O) groups excluding carboxylic acids is 3. The Bertz CT molecular complexity index is 670. The van der Waals surface area contributed by atoms with Crippen molar-refractivity contribution in [2.24, 2.45) is 0 Å². The summed E-state index contributed by atoms with van der Waals surface area (Å²) in [7, 11) is 0. The van der Waals surface area contributed by atoms with Gasteiger partial charge in [-0.25, -0.2) is 9.97 Å². The zero-order valence-electron chi connectivity index (χ0n) is 14.5. The van der Waals surface area contributed by atoms with Crippen LogP contribution < -0.4 is 4.74 Å². The Kier molecular flexibility index (Phi) is 4.96. The molecule has 3 amide bonds. The molecule has 0 bridgehead atoms. The molecule has 1 aromatic heterocycles. The molecular formula is C17H22N4O4. The minimum atomic E-state index is -0.271. The molecule has 2 saturated heterocycles. The average molecular weight is 346 g/mol. The second-order valence-electron chi connectivity index (χ2n) is 6.53. The minimum absolute atomic E-state index is 0.176. The van der Waals surface area contributed by atoms with Crippen LogP contribution in [0.25, 0.3) is 0 Å². The third kappa shape index (κ3) is 4.12. The molecule has 0 radical (unpaired) electrons. The van der Waals surface area contributed by atoms with Gasteiger partial charge in [-0.15, -0.1) is 0 Å². The van der Waals surface area contributed by atoms with Crippen LogP contribution in [0.1, 0.15) is 37.1 Å². The molecule has 1 unspecified atom stereocenters. The quantitative estimate of drug-likeness (QED) is 0.742. The lowest BCUT2D eigenvalue weighted by molar-refractivity contribution is -0.146. The number of aromatic nitrogens is 2. The smallest absolute Gasteiger partial charge is 0.317 e. The van der Waals surface area contributed by atoms with Crippen molar-refractivity contribution in [1.82, 2.24) is 19.8 Å². The number of carbonyl (C=O) groups is 3. The predicted octanol–water partition coefficient (Wildman–Crippen LogP) is 0.612. The van der Waals surface area contributed by atoms with E-state index in [1.807, 2.05) is 19.9 Å². The van der Waals surface area contributed by atoms with Crippen LogP contribution >= 0.6 is 0 Å². The molecule has 1 aromatic rings. The number of amides is 3. The number of aryl methyl sites for hydroxylation is 2. The molecule has 0 spiro atoms.